The van der Waals surface area contributed by atoms with Crippen molar-refractivity contribution in [2.75, 3.05) is 0 Å². The minimum atomic E-state index is -0.939. The Bertz CT molecular complexity index is 486. The maximum absolute atomic E-state index is 11.0. The number of nitro benzene ring substituents is 1. The van der Waals surface area contributed by atoms with Crippen molar-refractivity contribution in [3.63, 3.8) is 0 Å². The molecule has 0 aliphatic heterocycles. The molecule has 7 nitrogen and oxygen atoms in total. The van der Waals surface area contributed by atoms with Crippen molar-refractivity contribution in [1.82, 2.24) is 0 Å². The number of aldehydes is 1. The molecule has 0 fully saturated rings. The predicted molar refractivity (Wildman–Crippen MR) is 62.4 cm³/mol. The summed E-state index contributed by atoms with van der Waals surface area (Å²) >= 11 is 0. The fraction of sp³-hybridized carbons (Fsp3) is 0.273. The molecule has 18 heavy (non-hydrogen) atoms. The third-order valence-electron chi connectivity index (χ3n) is 2.27. The lowest BCUT2D eigenvalue weighted by atomic mass is 10.2. The van der Waals surface area contributed by atoms with Gasteiger partial charge in [0, 0.05) is 11.6 Å². The van der Waals surface area contributed by atoms with Crippen LogP contribution in [0.15, 0.2) is 18.2 Å². The van der Waals surface area contributed by atoms with E-state index < -0.39 is 16.9 Å². The Labute approximate surface area is 103 Å². The molecule has 0 aromatic heterocycles. The van der Waals surface area contributed by atoms with Gasteiger partial charge in [-0.15, -0.1) is 0 Å². The Balaban J connectivity index is 3.11. The van der Waals surface area contributed by atoms with Crippen molar-refractivity contribution in [2.45, 2.75) is 19.4 Å². The molecule has 1 atom stereocenters. The van der Waals surface area contributed by atoms with Gasteiger partial charge < -0.3 is 10.5 Å². The second kappa shape index (κ2) is 5.76. The summed E-state index contributed by atoms with van der Waals surface area (Å²) in [4.78, 5) is 31.7. The number of hydrogen-bond donors (Lipinski definition) is 1. The largest absolute Gasteiger partial charge is 0.473 e. The van der Waals surface area contributed by atoms with Gasteiger partial charge in [0.2, 0.25) is 0 Å². The van der Waals surface area contributed by atoms with Crippen LogP contribution in [0.25, 0.3) is 0 Å². The van der Waals surface area contributed by atoms with Gasteiger partial charge >= 0.3 is 5.69 Å². The number of nitrogens with zero attached hydrogens (tertiary/aromatic N) is 1. The molecular formula is C11H12N2O5. The fourth-order valence-corrected chi connectivity index (χ4v) is 1.35. The first-order valence-corrected chi connectivity index (χ1v) is 5.19. The number of benzene rings is 1. The maximum atomic E-state index is 11.0. The molecule has 0 radical (unpaired) electrons. The highest BCUT2D eigenvalue weighted by molar-refractivity contribution is 5.80. The number of carbonyl (C=O) groups excluding carboxylic acids is 2. The highest BCUT2D eigenvalue weighted by Crippen LogP contribution is 2.28. The quantitative estimate of drug-likeness (QED) is 0.462. The molecule has 0 aliphatic rings. The molecule has 1 aromatic rings. The normalized spacial score (nSPS) is 11.6. The monoisotopic (exact) mass is 252 g/mol. The Hall–Kier alpha value is -2.44. The number of carbonyl (C=O) groups is 2. The number of amides is 1. The van der Waals surface area contributed by atoms with E-state index in [1.807, 2.05) is 0 Å². The minimum Gasteiger partial charge on any atom is -0.473 e. The van der Waals surface area contributed by atoms with Gasteiger partial charge in [0.25, 0.3) is 5.91 Å². The molecule has 1 amide bonds. The van der Waals surface area contributed by atoms with Crippen molar-refractivity contribution in [3.05, 3.63) is 33.9 Å². The van der Waals surface area contributed by atoms with Gasteiger partial charge in [-0.1, -0.05) is 6.92 Å². The summed E-state index contributed by atoms with van der Waals surface area (Å²) in [6.07, 6.45) is -0.157. The minimum absolute atomic E-state index is 0.0868. The third-order valence-corrected chi connectivity index (χ3v) is 2.27. The van der Waals surface area contributed by atoms with E-state index in [-0.39, 0.29) is 17.0 Å². The standard InChI is InChI=1S/C11H12N2O5/c1-2-9(11(12)15)18-10-4-3-7(6-14)5-8(10)13(16)17/h3-6,9H,2H2,1H3,(H2,12,15). The van der Waals surface area contributed by atoms with E-state index in [0.29, 0.717) is 12.7 Å². The van der Waals surface area contributed by atoms with Crippen LogP contribution in [0.1, 0.15) is 23.7 Å². The third kappa shape index (κ3) is 3.03. The van der Waals surface area contributed by atoms with Crippen molar-refractivity contribution in [3.8, 4) is 5.75 Å². The first-order chi connectivity index (χ1) is 8.49. The zero-order valence-electron chi connectivity index (χ0n) is 9.66. The molecule has 1 unspecified atom stereocenters. The molecular weight excluding hydrogens is 240 g/mol. The molecule has 7 heteroatoms. The number of ether oxygens (including phenoxy) is 1. The van der Waals surface area contributed by atoms with Crippen LogP contribution < -0.4 is 10.5 Å². The lowest BCUT2D eigenvalue weighted by molar-refractivity contribution is -0.386. The molecule has 0 saturated heterocycles. The van der Waals surface area contributed by atoms with Gasteiger partial charge in [0.15, 0.2) is 11.9 Å². The molecule has 1 rings (SSSR count). The maximum Gasteiger partial charge on any atom is 0.311 e. The summed E-state index contributed by atoms with van der Waals surface area (Å²) in [7, 11) is 0. The average molecular weight is 252 g/mol. The second-order valence-electron chi connectivity index (χ2n) is 3.52. The van der Waals surface area contributed by atoms with E-state index in [9.17, 15) is 19.7 Å². The summed E-state index contributed by atoms with van der Waals surface area (Å²) in [5.74, 6) is -0.789. The summed E-state index contributed by atoms with van der Waals surface area (Å²) in [6.45, 7) is 1.67. The van der Waals surface area contributed by atoms with E-state index in [1.165, 1.54) is 12.1 Å². The lowest BCUT2D eigenvalue weighted by Gasteiger charge is -2.13. The molecule has 2 N–H and O–H groups in total. The van der Waals surface area contributed by atoms with Crippen LogP contribution in [-0.2, 0) is 4.79 Å². The van der Waals surface area contributed by atoms with Gasteiger partial charge in [-0.05, 0) is 18.6 Å². The van der Waals surface area contributed by atoms with Crippen molar-refractivity contribution in [2.24, 2.45) is 5.73 Å². The van der Waals surface area contributed by atoms with E-state index in [0.717, 1.165) is 6.07 Å². The van der Waals surface area contributed by atoms with E-state index >= 15 is 0 Å². The number of nitrogens with two attached hydrogens (primary N) is 1. The average Bonchev–Trinajstić information content (AvgIpc) is 2.35. The summed E-state index contributed by atoms with van der Waals surface area (Å²) in [5.41, 5.74) is 4.87. The van der Waals surface area contributed by atoms with Crippen LogP contribution in [0, 0.1) is 10.1 Å². The van der Waals surface area contributed by atoms with E-state index in [4.69, 9.17) is 10.5 Å². The van der Waals surface area contributed by atoms with Crippen LogP contribution in [0.3, 0.4) is 0 Å². The number of rotatable bonds is 6. The van der Waals surface area contributed by atoms with E-state index in [1.54, 1.807) is 6.92 Å². The Kier molecular flexibility index (Phi) is 4.36. The molecule has 1 aromatic carbocycles. The topological polar surface area (TPSA) is 113 Å². The molecule has 96 valence electrons. The predicted octanol–water partition coefficient (Wildman–Crippen LogP) is 1.05. The van der Waals surface area contributed by atoms with Gasteiger partial charge in [0.05, 0.1) is 4.92 Å². The highest BCUT2D eigenvalue weighted by Gasteiger charge is 2.21. The lowest BCUT2D eigenvalue weighted by Crippen LogP contribution is -2.33. The van der Waals surface area contributed by atoms with Crippen LogP contribution in [0.4, 0.5) is 5.69 Å². The fourth-order valence-electron chi connectivity index (χ4n) is 1.35. The van der Waals surface area contributed by atoms with Crippen molar-refractivity contribution >= 4 is 17.9 Å². The van der Waals surface area contributed by atoms with Gasteiger partial charge in [-0.3, -0.25) is 19.7 Å². The van der Waals surface area contributed by atoms with Gasteiger partial charge in [-0.2, -0.15) is 0 Å². The Morgan fingerprint density at radius 2 is 2.28 bits per heavy atom. The zero-order valence-corrected chi connectivity index (χ0v) is 9.66. The van der Waals surface area contributed by atoms with Crippen LogP contribution in [0.5, 0.6) is 5.75 Å². The highest BCUT2D eigenvalue weighted by atomic mass is 16.6. The number of nitro groups is 1. The number of primary amides is 1. The van der Waals surface area contributed by atoms with Crippen LogP contribution in [0.2, 0.25) is 0 Å². The van der Waals surface area contributed by atoms with Crippen LogP contribution in [-0.4, -0.2) is 23.2 Å². The number of hydrogen-bond acceptors (Lipinski definition) is 5. The molecule has 0 spiro atoms. The summed E-state index contributed by atoms with van der Waals surface area (Å²) in [6, 6.07) is 3.71. The van der Waals surface area contributed by atoms with Gasteiger partial charge in [0.1, 0.15) is 6.29 Å². The summed E-state index contributed by atoms with van der Waals surface area (Å²) < 4.78 is 5.18. The van der Waals surface area contributed by atoms with Crippen molar-refractivity contribution in [1.29, 1.82) is 0 Å². The first kappa shape index (κ1) is 13.6. The van der Waals surface area contributed by atoms with Gasteiger partial charge in [-0.25, -0.2) is 0 Å². The second-order valence-corrected chi connectivity index (χ2v) is 3.52. The zero-order chi connectivity index (χ0) is 13.7. The van der Waals surface area contributed by atoms with Crippen LogP contribution >= 0.6 is 0 Å². The Morgan fingerprint density at radius 3 is 2.72 bits per heavy atom. The Morgan fingerprint density at radius 1 is 1.61 bits per heavy atom. The van der Waals surface area contributed by atoms with Crippen molar-refractivity contribution < 1.29 is 19.2 Å². The molecule has 0 saturated carbocycles. The SMILES string of the molecule is CCC(Oc1ccc(C=O)cc1[N+](=O)[O-])C(N)=O. The molecule has 0 bridgehead atoms. The first-order valence-electron chi connectivity index (χ1n) is 5.19. The summed E-state index contributed by atoms with van der Waals surface area (Å²) in [5, 5.41) is 10.8. The molecule has 0 heterocycles. The smallest absolute Gasteiger partial charge is 0.311 e. The molecule has 0 aliphatic carbocycles. The van der Waals surface area contributed by atoms with E-state index in [2.05, 4.69) is 0 Å².